The lowest BCUT2D eigenvalue weighted by molar-refractivity contribution is -0.137. The first-order chi connectivity index (χ1) is 8.99. The first kappa shape index (κ1) is 14.5. The van der Waals surface area contributed by atoms with Crippen molar-refractivity contribution in [3.63, 3.8) is 0 Å². The Morgan fingerprint density at radius 1 is 1.58 bits per heavy atom. The van der Waals surface area contributed by atoms with Gasteiger partial charge in [-0.2, -0.15) is 0 Å². The standard InChI is InChI=1S/C14H17BrFNO2/c1-9(12-5-2-10(15)8-13(12)16)17(11-3-4-11)7-6-14(18)19/h2,5,8-9,11H,3-4,6-7H2,1H3,(H,18,19). The monoisotopic (exact) mass is 329 g/mol. The minimum Gasteiger partial charge on any atom is -0.481 e. The molecule has 1 aromatic carbocycles. The van der Waals surface area contributed by atoms with Gasteiger partial charge in [-0.15, -0.1) is 0 Å². The van der Waals surface area contributed by atoms with Crippen LogP contribution in [0.4, 0.5) is 4.39 Å². The topological polar surface area (TPSA) is 40.5 Å². The number of halogens is 2. The number of carbonyl (C=O) groups is 1. The number of nitrogens with zero attached hydrogens (tertiary/aromatic N) is 1. The van der Waals surface area contributed by atoms with Crippen LogP contribution >= 0.6 is 15.9 Å². The number of hydrogen-bond acceptors (Lipinski definition) is 2. The van der Waals surface area contributed by atoms with Crippen molar-refractivity contribution < 1.29 is 14.3 Å². The predicted octanol–water partition coefficient (Wildman–Crippen LogP) is 3.59. The number of hydrogen-bond donors (Lipinski definition) is 1. The molecular weight excluding hydrogens is 313 g/mol. The number of benzene rings is 1. The molecule has 1 aromatic rings. The molecule has 104 valence electrons. The van der Waals surface area contributed by atoms with E-state index in [0.717, 1.165) is 12.8 Å². The van der Waals surface area contributed by atoms with Gasteiger partial charge in [0.1, 0.15) is 5.82 Å². The van der Waals surface area contributed by atoms with Crippen LogP contribution in [0.3, 0.4) is 0 Å². The van der Waals surface area contributed by atoms with Gasteiger partial charge in [0.2, 0.25) is 0 Å². The van der Waals surface area contributed by atoms with Gasteiger partial charge < -0.3 is 5.11 Å². The lowest BCUT2D eigenvalue weighted by Crippen LogP contribution is -2.32. The Morgan fingerprint density at radius 2 is 2.26 bits per heavy atom. The molecule has 0 spiro atoms. The molecule has 1 fully saturated rings. The first-order valence-corrected chi connectivity index (χ1v) is 7.21. The van der Waals surface area contributed by atoms with Crippen molar-refractivity contribution in [2.24, 2.45) is 0 Å². The molecule has 1 N–H and O–H groups in total. The second-order valence-electron chi connectivity index (χ2n) is 4.95. The molecule has 0 aliphatic heterocycles. The fourth-order valence-corrected chi connectivity index (χ4v) is 2.68. The summed E-state index contributed by atoms with van der Waals surface area (Å²) < 4.78 is 14.7. The molecule has 0 radical (unpaired) electrons. The van der Waals surface area contributed by atoms with E-state index in [0.29, 0.717) is 22.6 Å². The van der Waals surface area contributed by atoms with Crippen LogP contribution in [0.5, 0.6) is 0 Å². The van der Waals surface area contributed by atoms with E-state index in [4.69, 9.17) is 5.11 Å². The third-order valence-corrected chi connectivity index (χ3v) is 4.00. The average molecular weight is 330 g/mol. The van der Waals surface area contributed by atoms with E-state index in [1.807, 2.05) is 13.0 Å². The highest BCUT2D eigenvalue weighted by Gasteiger charge is 2.33. The SMILES string of the molecule is CC(c1ccc(Br)cc1F)N(CCC(=O)O)C1CC1. The minimum absolute atomic E-state index is 0.0962. The molecule has 1 aliphatic carbocycles. The van der Waals surface area contributed by atoms with Gasteiger partial charge in [-0.1, -0.05) is 22.0 Å². The third-order valence-electron chi connectivity index (χ3n) is 3.51. The Hall–Kier alpha value is -0.940. The smallest absolute Gasteiger partial charge is 0.304 e. The summed E-state index contributed by atoms with van der Waals surface area (Å²) in [5.74, 6) is -1.06. The van der Waals surface area contributed by atoms with Crippen molar-refractivity contribution in [1.29, 1.82) is 0 Å². The quantitative estimate of drug-likeness (QED) is 0.867. The highest BCUT2D eigenvalue weighted by Crippen LogP contribution is 2.35. The van der Waals surface area contributed by atoms with Gasteiger partial charge in [0.15, 0.2) is 0 Å². The second kappa shape index (κ2) is 6.01. The van der Waals surface area contributed by atoms with Crippen LogP contribution in [0.1, 0.15) is 37.8 Å². The molecule has 5 heteroatoms. The summed E-state index contributed by atoms with van der Waals surface area (Å²) in [4.78, 5) is 12.8. The molecular formula is C14H17BrFNO2. The number of carboxylic acids is 1. The molecule has 1 aliphatic rings. The van der Waals surface area contributed by atoms with Crippen LogP contribution in [-0.4, -0.2) is 28.6 Å². The number of carboxylic acid groups (broad SMARTS) is 1. The van der Waals surface area contributed by atoms with Crippen molar-refractivity contribution in [1.82, 2.24) is 4.90 Å². The minimum atomic E-state index is -0.811. The van der Waals surface area contributed by atoms with E-state index in [1.54, 1.807) is 6.07 Å². The largest absolute Gasteiger partial charge is 0.481 e. The molecule has 1 atom stereocenters. The van der Waals surface area contributed by atoms with Gasteiger partial charge in [-0.25, -0.2) is 4.39 Å². The normalized spacial score (nSPS) is 16.6. The second-order valence-corrected chi connectivity index (χ2v) is 5.87. The fraction of sp³-hybridized carbons (Fsp3) is 0.500. The zero-order chi connectivity index (χ0) is 14.0. The summed E-state index contributed by atoms with van der Waals surface area (Å²) in [6, 6.07) is 5.34. The zero-order valence-electron chi connectivity index (χ0n) is 10.8. The van der Waals surface area contributed by atoms with Crippen molar-refractivity contribution in [3.8, 4) is 0 Å². The number of rotatable bonds is 6. The molecule has 19 heavy (non-hydrogen) atoms. The third kappa shape index (κ3) is 3.76. The van der Waals surface area contributed by atoms with E-state index < -0.39 is 5.97 Å². The Morgan fingerprint density at radius 3 is 2.79 bits per heavy atom. The van der Waals surface area contributed by atoms with Gasteiger partial charge in [-0.3, -0.25) is 9.69 Å². The lowest BCUT2D eigenvalue weighted by atomic mass is 10.1. The Bertz CT molecular complexity index is 477. The van der Waals surface area contributed by atoms with E-state index in [-0.39, 0.29) is 18.3 Å². The number of aliphatic carboxylic acids is 1. The van der Waals surface area contributed by atoms with Crippen LogP contribution in [0.25, 0.3) is 0 Å². The van der Waals surface area contributed by atoms with E-state index in [1.165, 1.54) is 6.07 Å². The van der Waals surface area contributed by atoms with Gasteiger partial charge in [0, 0.05) is 28.7 Å². The molecule has 2 rings (SSSR count). The highest BCUT2D eigenvalue weighted by atomic mass is 79.9. The van der Waals surface area contributed by atoms with E-state index in [9.17, 15) is 9.18 Å². The summed E-state index contributed by atoms with van der Waals surface area (Å²) in [6.07, 6.45) is 2.24. The lowest BCUT2D eigenvalue weighted by Gasteiger charge is -2.29. The molecule has 0 saturated heterocycles. The highest BCUT2D eigenvalue weighted by molar-refractivity contribution is 9.10. The van der Waals surface area contributed by atoms with Gasteiger partial charge >= 0.3 is 5.97 Å². The summed E-state index contributed by atoms with van der Waals surface area (Å²) in [5, 5.41) is 8.80. The summed E-state index contributed by atoms with van der Waals surface area (Å²) in [6.45, 7) is 2.41. The molecule has 0 bridgehead atoms. The van der Waals surface area contributed by atoms with Crippen molar-refractivity contribution in [3.05, 3.63) is 34.1 Å². The summed E-state index contributed by atoms with van der Waals surface area (Å²) in [5.41, 5.74) is 0.625. The summed E-state index contributed by atoms with van der Waals surface area (Å²) in [7, 11) is 0. The maximum Gasteiger partial charge on any atom is 0.304 e. The van der Waals surface area contributed by atoms with Crippen LogP contribution in [0.2, 0.25) is 0 Å². The molecule has 1 saturated carbocycles. The molecule has 0 amide bonds. The predicted molar refractivity (Wildman–Crippen MR) is 74.5 cm³/mol. The Kier molecular flexibility index (Phi) is 4.58. The van der Waals surface area contributed by atoms with Gasteiger partial charge in [0.05, 0.1) is 6.42 Å². The molecule has 0 heterocycles. The van der Waals surface area contributed by atoms with Crippen LogP contribution in [-0.2, 0) is 4.79 Å². The van der Waals surface area contributed by atoms with Crippen LogP contribution < -0.4 is 0 Å². The van der Waals surface area contributed by atoms with E-state index in [2.05, 4.69) is 20.8 Å². The first-order valence-electron chi connectivity index (χ1n) is 6.41. The maximum atomic E-state index is 14.0. The zero-order valence-corrected chi connectivity index (χ0v) is 12.4. The van der Waals surface area contributed by atoms with E-state index >= 15 is 0 Å². The molecule has 0 aromatic heterocycles. The van der Waals surface area contributed by atoms with Crippen molar-refractivity contribution in [2.45, 2.75) is 38.3 Å². The van der Waals surface area contributed by atoms with Gasteiger partial charge in [-0.05, 0) is 31.9 Å². The molecule has 3 nitrogen and oxygen atoms in total. The Labute approximate surface area is 120 Å². The van der Waals surface area contributed by atoms with Gasteiger partial charge in [0.25, 0.3) is 0 Å². The van der Waals surface area contributed by atoms with Crippen LogP contribution in [0.15, 0.2) is 22.7 Å². The fourth-order valence-electron chi connectivity index (χ4n) is 2.34. The summed E-state index contributed by atoms with van der Waals surface area (Å²) >= 11 is 3.24. The van der Waals surface area contributed by atoms with Crippen LogP contribution in [0, 0.1) is 5.82 Å². The Balaban J connectivity index is 2.13. The van der Waals surface area contributed by atoms with Crippen molar-refractivity contribution >= 4 is 21.9 Å². The van der Waals surface area contributed by atoms with Crippen molar-refractivity contribution in [2.75, 3.05) is 6.54 Å². The average Bonchev–Trinajstić information content (AvgIpc) is 3.13. The maximum absolute atomic E-state index is 14.0. The molecule has 1 unspecified atom stereocenters.